The summed E-state index contributed by atoms with van der Waals surface area (Å²) in [5.41, 5.74) is 3.87. The SMILES string of the molecule is Nc1nc(OC(F)(F)F)cc(C(F)F)c1CO. The third kappa shape index (κ3) is 3.41. The molecule has 96 valence electrons. The maximum atomic E-state index is 12.5. The van der Waals surface area contributed by atoms with Crippen LogP contribution in [0.5, 0.6) is 5.88 Å². The number of nitrogen functional groups attached to an aromatic ring is 1. The van der Waals surface area contributed by atoms with Gasteiger partial charge in [-0.3, -0.25) is 0 Å². The molecule has 0 atom stereocenters. The molecule has 0 radical (unpaired) electrons. The Morgan fingerprint density at radius 1 is 1.41 bits per heavy atom. The molecule has 1 rings (SSSR count). The van der Waals surface area contributed by atoms with E-state index in [0.29, 0.717) is 6.07 Å². The van der Waals surface area contributed by atoms with Crippen LogP contribution in [0.1, 0.15) is 17.6 Å². The zero-order chi connectivity index (χ0) is 13.2. The van der Waals surface area contributed by atoms with Crippen molar-refractivity contribution in [2.75, 3.05) is 5.73 Å². The quantitative estimate of drug-likeness (QED) is 0.813. The van der Waals surface area contributed by atoms with Crippen LogP contribution in [0.2, 0.25) is 0 Å². The van der Waals surface area contributed by atoms with Gasteiger partial charge in [-0.1, -0.05) is 0 Å². The van der Waals surface area contributed by atoms with Gasteiger partial charge in [0.2, 0.25) is 5.88 Å². The van der Waals surface area contributed by atoms with E-state index in [2.05, 4.69) is 9.72 Å². The number of hydrogen-bond acceptors (Lipinski definition) is 4. The fourth-order valence-electron chi connectivity index (χ4n) is 1.12. The van der Waals surface area contributed by atoms with Gasteiger partial charge in [0.15, 0.2) is 0 Å². The van der Waals surface area contributed by atoms with Crippen molar-refractivity contribution >= 4 is 5.82 Å². The molecular formula is C8H7F5N2O2. The first kappa shape index (κ1) is 13.4. The zero-order valence-electron chi connectivity index (χ0n) is 8.13. The van der Waals surface area contributed by atoms with Crippen molar-refractivity contribution in [2.24, 2.45) is 0 Å². The number of hydrogen-bond donors (Lipinski definition) is 2. The van der Waals surface area contributed by atoms with Crippen molar-refractivity contribution in [1.82, 2.24) is 4.98 Å². The van der Waals surface area contributed by atoms with E-state index in [1.807, 2.05) is 0 Å². The standard InChI is InChI=1S/C8H7F5N2O2/c9-6(10)3-1-5(17-8(11,12)13)15-7(14)4(3)2-16/h1,6,16H,2H2,(H2,14,15). The summed E-state index contributed by atoms with van der Waals surface area (Å²) in [6.07, 6.45) is -8.16. The van der Waals surface area contributed by atoms with Gasteiger partial charge < -0.3 is 15.6 Å². The Kier molecular flexibility index (Phi) is 3.71. The summed E-state index contributed by atoms with van der Waals surface area (Å²) >= 11 is 0. The van der Waals surface area contributed by atoms with Crippen LogP contribution in [-0.4, -0.2) is 16.5 Å². The van der Waals surface area contributed by atoms with Crippen LogP contribution in [0.25, 0.3) is 0 Å². The minimum Gasteiger partial charge on any atom is -0.392 e. The van der Waals surface area contributed by atoms with Gasteiger partial charge in [-0.25, -0.2) is 8.78 Å². The van der Waals surface area contributed by atoms with Gasteiger partial charge in [-0.05, 0) is 0 Å². The summed E-state index contributed by atoms with van der Waals surface area (Å²) in [7, 11) is 0. The highest BCUT2D eigenvalue weighted by molar-refractivity contribution is 5.47. The highest BCUT2D eigenvalue weighted by atomic mass is 19.4. The Morgan fingerprint density at radius 2 is 2.00 bits per heavy atom. The van der Waals surface area contributed by atoms with Crippen LogP contribution in [0.3, 0.4) is 0 Å². The number of nitrogens with zero attached hydrogens (tertiary/aromatic N) is 1. The Morgan fingerprint density at radius 3 is 2.41 bits per heavy atom. The number of aliphatic hydroxyl groups is 1. The fraction of sp³-hybridized carbons (Fsp3) is 0.375. The molecule has 1 heterocycles. The van der Waals surface area contributed by atoms with Crippen LogP contribution in [0, 0.1) is 0 Å². The second-order valence-corrected chi connectivity index (χ2v) is 2.92. The first-order chi connectivity index (χ1) is 7.74. The lowest BCUT2D eigenvalue weighted by molar-refractivity contribution is -0.276. The molecule has 0 bridgehead atoms. The van der Waals surface area contributed by atoms with Crippen LogP contribution < -0.4 is 10.5 Å². The topological polar surface area (TPSA) is 68.4 Å². The average Bonchev–Trinajstić information content (AvgIpc) is 2.13. The number of aliphatic hydroxyl groups excluding tert-OH is 1. The minimum absolute atomic E-state index is 0.389. The second-order valence-electron chi connectivity index (χ2n) is 2.92. The zero-order valence-corrected chi connectivity index (χ0v) is 8.13. The van der Waals surface area contributed by atoms with Gasteiger partial charge in [0, 0.05) is 17.2 Å². The van der Waals surface area contributed by atoms with Gasteiger partial charge >= 0.3 is 6.36 Å². The summed E-state index contributed by atoms with van der Waals surface area (Å²) < 4.78 is 63.9. The number of aromatic nitrogens is 1. The predicted molar refractivity (Wildman–Crippen MR) is 46.2 cm³/mol. The number of rotatable bonds is 3. The summed E-state index contributed by atoms with van der Waals surface area (Å²) in [5.74, 6) is -1.73. The van der Waals surface area contributed by atoms with E-state index in [1.165, 1.54) is 0 Å². The monoisotopic (exact) mass is 258 g/mol. The van der Waals surface area contributed by atoms with Crippen molar-refractivity contribution in [3.63, 3.8) is 0 Å². The molecule has 17 heavy (non-hydrogen) atoms. The molecule has 0 unspecified atom stereocenters. The van der Waals surface area contributed by atoms with Crippen LogP contribution >= 0.6 is 0 Å². The van der Waals surface area contributed by atoms with Crippen LogP contribution in [-0.2, 0) is 6.61 Å². The molecule has 0 amide bonds. The Bertz CT molecular complexity index is 408. The van der Waals surface area contributed by atoms with E-state index >= 15 is 0 Å². The molecule has 0 saturated carbocycles. The molecule has 0 saturated heterocycles. The normalized spacial score (nSPS) is 11.9. The molecule has 0 aromatic carbocycles. The fourth-order valence-corrected chi connectivity index (χ4v) is 1.12. The molecule has 0 aliphatic rings. The molecule has 3 N–H and O–H groups in total. The molecule has 0 fully saturated rings. The molecule has 0 spiro atoms. The van der Waals surface area contributed by atoms with Crippen LogP contribution in [0.15, 0.2) is 6.07 Å². The lowest BCUT2D eigenvalue weighted by Crippen LogP contribution is -2.19. The Balaban J connectivity index is 3.20. The molecule has 0 aliphatic carbocycles. The summed E-state index contributed by atoms with van der Waals surface area (Å²) in [6, 6.07) is 0.389. The predicted octanol–water partition coefficient (Wildman–Crippen LogP) is 1.99. The van der Waals surface area contributed by atoms with Gasteiger partial charge in [-0.15, -0.1) is 13.2 Å². The van der Waals surface area contributed by atoms with Gasteiger partial charge in [-0.2, -0.15) is 4.98 Å². The largest absolute Gasteiger partial charge is 0.574 e. The number of anilines is 1. The van der Waals surface area contributed by atoms with E-state index in [0.717, 1.165) is 0 Å². The third-order valence-corrected chi connectivity index (χ3v) is 1.78. The van der Waals surface area contributed by atoms with Crippen LogP contribution in [0.4, 0.5) is 27.8 Å². The number of ether oxygens (including phenoxy) is 1. The molecule has 4 nitrogen and oxygen atoms in total. The third-order valence-electron chi connectivity index (χ3n) is 1.78. The number of pyridine rings is 1. The Labute approximate surface area is 91.8 Å². The van der Waals surface area contributed by atoms with Crippen molar-refractivity contribution in [1.29, 1.82) is 0 Å². The van der Waals surface area contributed by atoms with E-state index in [1.54, 1.807) is 0 Å². The van der Waals surface area contributed by atoms with Crippen molar-refractivity contribution in [3.8, 4) is 5.88 Å². The molecule has 0 aliphatic heterocycles. The molecular weight excluding hydrogens is 251 g/mol. The second kappa shape index (κ2) is 4.70. The van der Waals surface area contributed by atoms with E-state index in [4.69, 9.17) is 10.8 Å². The van der Waals surface area contributed by atoms with Crippen molar-refractivity contribution < 1.29 is 31.8 Å². The number of halogens is 5. The Hall–Kier alpha value is -1.64. The maximum absolute atomic E-state index is 12.5. The molecule has 9 heteroatoms. The molecule has 1 aromatic heterocycles. The highest BCUT2D eigenvalue weighted by Gasteiger charge is 2.32. The van der Waals surface area contributed by atoms with E-state index in [-0.39, 0.29) is 0 Å². The van der Waals surface area contributed by atoms with Gasteiger partial charge in [0.05, 0.1) is 6.61 Å². The van der Waals surface area contributed by atoms with Crippen molar-refractivity contribution in [2.45, 2.75) is 19.4 Å². The summed E-state index contributed by atoms with van der Waals surface area (Å²) in [5, 5.41) is 8.76. The highest BCUT2D eigenvalue weighted by Crippen LogP contribution is 2.31. The van der Waals surface area contributed by atoms with Gasteiger partial charge in [0.25, 0.3) is 6.43 Å². The van der Waals surface area contributed by atoms with E-state index in [9.17, 15) is 22.0 Å². The van der Waals surface area contributed by atoms with E-state index < -0.39 is 42.2 Å². The van der Waals surface area contributed by atoms with Gasteiger partial charge in [0.1, 0.15) is 5.82 Å². The lowest BCUT2D eigenvalue weighted by Gasteiger charge is -2.13. The lowest BCUT2D eigenvalue weighted by atomic mass is 10.1. The van der Waals surface area contributed by atoms with Crippen molar-refractivity contribution in [3.05, 3.63) is 17.2 Å². The smallest absolute Gasteiger partial charge is 0.392 e. The molecule has 1 aromatic rings. The number of alkyl halides is 5. The summed E-state index contributed by atoms with van der Waals surface area (Å²) in [6.45, 7) is -0.856. The first-order valence-corrected chi connectivity index (χ1v) is 4.18. The number of nitrogens with two attached hydrogens (primary N) is 1. The minimum atomic E-state index is -5.06. The first-order valence-electron chi connectivity index (χ1n) is 4.18. The maximum Gasteiger partial charge on any atom is 0.574 e. The summed E-state index contributed by atoms with van der Waals surface area (Å²) in [4.78, 5) is 3.11. The average molecular weight is 258 g/mol.